The fourth-order valence-corrected chi connectivity index (χ4v) is 2.93. The Hall–Kier alpha value is -3.21. The zero-order valence-electron chi connectivity index (χ0n) is 15.9. The van der Waals surface area contributed by atoms with Crippen LogP contribution in [0, 0.1) is 13.8 Å². The van der Waals surface area contributed by atoms with E-state index in [-0.39, 0.29) is 5.91 Å². The van der Waals surface area contributed by atoms with Gasteiger partial charge in [0.15, 0.2) is 5.69 Å². The average Bonchev–Trinajstić information content (AvgIpc) is 2.67. The summed E-state index contributed by atoms with van der Waals surface area (Å²) in [6.45, 7) is 7.25. The number of aromatic nitrogens is 2. The van der Waals surface area contributed by atoms with E-state index >= 15 is 0 Å². The van der Waals surface area contributed by atoms with Crippen molar-refractivity contribution in [1.29, 1.82) is 0 Å². The van der Waals surface area contributed by atoms with Crippen molar-refractivity contribution in [3.05, 3.63) is 83.0 Å². The third kappa shape index (κ3) is 4.70. The van der Waals surface area contributed by atoms with Crippen LogP contribution >= 0.6 is 0 Å². The van der Waals surface area contributed by atoms with Crippen LogP contribution in [0.1, 0.15) is 34.1 Å². The molecule has 0 fully saturated rings. The molecule has 0 saturated carbocycles. The van der Waals surface area contributed by atoms with Crippen LogP contribution in [0.25, 0.3) is 0 Å². The molecule has 3 aromatic rings. The van der Waals surface area contributed by atoms with Gasteiger partial charge in [-0.1, -0.05) is 42.0 Å². The SMILES string of the molecule is CCN(C(=O)c1ccc(NCc2cccc(C)c2)nn1)c1cccc(C)c1. The van der Waals surface area contributed by atoms with E-state index in [1.165, 1.54) is 11.1 Å². The molecule has 0 bridgehead atoms. The number of nitrogens with one attached hydrogen (secondary N) is 1. The lowest BCUT2D eigenvalue weighted by Gasteiger charge is -2.20. The molecule has 0 aliphatic carbocycles. The summed E-state index contributed by atoms with van der Waals surface area (Å²) in [7, 11) is 0. The molecule has 0 aliphatic heterocycles. The molecule has 0 radical (unpaired) electrons. The van der Waals surface area contributed by atoms with E-state index in [0.717, 1.165) is 11.3 Å². The van der Waals surface area contributed by atoms with Gasteiger partial charge in [-0.25, -0.2) is 0 Å². The molecule has 1 amide bonds. The minimum absolute atomic E-state index is 0.152. The van der Waals surface area contributed by atoms with Gasteiger partial charge in [0.2, 0.25) is 0 Å². The van der Waals surface area contributed by atoms with E-state index in [4.69, 9.17) is 0 Å². The predicted octanol–water partition coefficient (Wildman–Crippen LogP) is 4.37. The number of rotatable bonds is 6. The number of hydrogen-bond donors (Lipinski definition) is 1. The lowest BCUT2D eigenvalue weighted by molar-refractivity contribution is 0.0982. The summed E-state index contributed by atoms with van der Waals surface area (Å²) in [5.41, 5.74) is 4.71. The molecular weight excluding hydrogens is 336 g/mol. The zero-order valence-corrected chi connectivity index (χ0v) is 15.9. The Bertz CT molecular complexity index is 922. The van der Waals surface area contributed by atoms with Gasteiger partial charge in [-0.05, 0) is 56.2 Å². The third-order valence-electron chi connectivity index (χ3n) is 4.31. The topological polar surface area (TPSA) is 58.1 Å². The van der Waals surface area contributed by atoms with Gasteiger partial charge < -0.3 is 10.2 Å². The summed E-state index contributed by atoms with van der Waals surface area (Å²) < 4.78 is 0. The molecule has 0 spiro atoms. The Balaban J connectivity index is 1.69. The Morgan fingerprint density at radius 3 is 2.33 bits per heavy atom. The molecule has 1 heterocycles. The summed E-state index contributed by atoms with van der Waals surface area (Å²) in [6.07, 6.45) is 0. The van der Waals surface area contributed by atoms with E-state index in [1.54, 1.807) is 17.0 Å². The van der Waals surface area contributed by atoms with Crippen LogP contribution in [0.2, 0.25) is 0 Å². The molecular formula is C22H24N4O. The van der Waals surface area contributed by atoms with Gasteiger partial charge in [0.05, 0.1) is 0 Å². The first kappa shape index (κ1) is 18.6. The largest absolute Gasteiger partial charge is 0.365 e. The van der Waals surface area contributed by atoms with Gasteiger partial charge in [-0.15, -0.1) is 10.2 Å². The van der Waals surface area contributed by atoms with Crippen LogP contribution in [0.15, 0.2) is 60.7 Å². The van der Waals surface area contributed by atoms with Crippen molar-refractivity contribution >= 4 is 17.4 Å². The molecule has 1 aromatic heterocycles. The predicted molar refractivity (Wildman–Crippen MR) is 109 cm³/mol. The van der Waals surface area contributed by atoms with E-state index in [9.17, 15) is 4.79 Å². The number of nitrogens with zero attached hydrogens (tertiary/aromatic N) is 3. The quantitative estimate of drug-likeness (QED) is 0.709. The molecule has 27 heavy (non-hydrogen) atoms. The van der Waals surface area contributed by atoms with E-state index in [2.05, 4.69) is 40.6 Å². The minimum atomic E-state index is -0.152. The van der Waals surface area contributed by atoms with Crippen molar-refractivity contribution in [2.24, 2.45) is 0 Å². The maximum absolute atomic E-state index is 12.8. The minimum Gasteiger partial charge on any atom is -0.365 e. The van der Waals surface area contributed by atoms with E-state index < -0.39 is 0 Å². The fraction of sp³-hybridized carbons (Fsp3) is 0.227. The van der Waals surface area contributed by atoms with Gasteiger partial charge in [0, 0.05) is 18.8 Å². The molecule has 2 aromatic carbocycles. The van der Waals surface area contributed by atoms with Crippen molar-refractivity contribution in [1.82, 2.24) is 10.2 Å². The van der Waals surface area contributed by atoms with Gasteiger partial charge in [0.25, 0.3) is 5.91 Å². The van der Waals surface area contributed by atoms with Gasteiger partial charge in [-0.2, -0.15) is 0 Å². The molecule has 0 unspecified atom stereocenters. The lowest BCUT2D eigenvalue weighted by atomic mass is 10.1. The normalized spacial score (nSPS) is 10.5. The monoisotopic (exact) mass is 360 g/mol. The Kier molecular flexibility index (Phi) is 5.81. The number of aryl methyl sites for hydroxylation is 2. The highest BCUT2D eigenvalue weighted by Crippen LogP contribution is 2.18. The number of amides is 1. The lowest BCUT2D eigenvalue weighted by Crippen LogP contribution is -2.31. The van der Waals surface area contributed by atoms with Crippen LogP contribution < -0.4 is 10.2 Å². The zero-order chi connectivity index (χ0) is 19.2. The summed E-state index contributed by atoms with van der Waals surface area (Å²) >= 11 is 0. The number of anilines is 2. The highest BCUT2D eigenvalue weighted by atomic mass is 16.2. The molecule has 0 saturated heterocycles. The molecule has 5 nitrogen and oxygen atoms in total. The van der Waals surface area contributed by atoms with Crippen molar-refractivity contribution in [2.75, 3.05) is 16.8 Å². The van der Waals surface area contributed by atoms with Crippen molar-refractivity contribution < 1.29 is 4.79 Å². The highest BCUT2D eigenvalue weighted by molar-refractivity contribution is 6.04. The smallest absolute Gasteiger partial charge is 0.278 e. The second-order valence-electron chi connectivity index (χ2n) is 6.53. The summed E-state index contributed by atoms with van der Waals surface area (Å²) in [6, 6.07) is 19.7. The number of carbonyl (C=O) groups excluding carboxylic acids is 1. The first-order valence-electron chi connectivity index (χ1n) is 9.08. The molecule has 138 valence electrons. The highest BCUT2D eigenvalue weighted by Gasteiger charge is 2.18. The molecule has 3 rings (SSSR count). The second kappa shape index (κ2) is 8.45. The summed E-state index contributed by atoms with van der Waals surface area (Å²) in [5, 5.41) is 11.5. The molecule has 0 aliphatic rings. The summed E-state index contributed by atoms with van der Waals surface area (Å²) in [4.78, 5) is 14.5. The van der Waals surface area contributed by atoms with E-state index in [1.807, 2.05) is 44.2 Å². The van der Waals surface area contributed by atoms with Crippen molar-refractivity contribution in [3.63, 3.8) is 0 Å². The van der Waals surface area contributed by atoms with Crippen molar-refractivity contribution in [3.8, 4) is 0 Å². The Morgan fingerprint density at radius 2 is 1.70 bits per heavy atom. The molecule has 0 atom stereocenters. The molecule has 5 heteroatoms. The van der Waals surface area contributed by atoms with Crippen molar-refractivity contribution in [2.45, 2.75) is 27.3 Å². The Morgan fingerprint density at radius 1 is 0.963 bits per heavy atom. The standard InChI is InChI=1S/C22H24N4O/c1-4-26(19-10-6-8-17(3)14-19)22(27)20-11-12-21(25-24-20)23-15-18-9-5-7-16(2)13-18/h5-14H,4,15H2,1-3H3,(H,23,25). The van der Waals surface area contributed by atoms with Crippen LogP contribution in [-0.2, 0) is 6.54 Å². The third-order valence-corrected chi connectivity index (χ3v) is 4.31. The maximum Gasteiger partial charge on any atom is 0.278 e. The second-order valence-corrected chi connectivity index (χ2v) is 6.53. The van der Waals surface area contributed by atoms with Crippen LogP contribution in [0.3, 0.4) is 0 Å². The maximum atomic E-state index is 12.8. The average molecular weight is 360 g/mol. The Labute approximate surface area is 160 Å². The van der Waals surface area contributed by atoms with Crippen LogP contribution in [-0.4, -0.2) is 22.6 Å². The molecule has 1 N–H and O–H groups in total. The van der Waals surface area contributed by atoms with Gasteiger partial charge >= 0.3 is 0 Å². The number of hydrogen-bond acceptors (Lipinski definition) is 4. The summed E-state index contributed by atoms with van der Waals surface area (Å²) in [5.74, 6) is 0.493. The first-order valence-corrected chi connectivity index (χ1v) is 9.08. The fourth-order valence-electron chi connectivity index (χ4n) is 2.93. The van der Waals surface area contributed by atoms with Gasteiger partial charge in [0.1, 0.15) is 5.82 Å². The first-order chi connectivity index (χ1) is 13.1. The van der Waals surface area contributed by atoms with E-state index in [0.29, 0.717) is 24.6 Å². The number of benzene rings is 2. The number of carbonyl (C=O) groups is 1. The van der Waals surface area contributed by atoms with Crippen LogP contribution in [0.5, 0.6) is 0 Å². The van der Waals surface area contributed by atoms with Crippen LogP contribution in [0.4, 0.5) is 11.5 Å². The van der Waals surface area contributed by atoms with Gasteiger partial charge in [-0.3, -0.25) is 4.79 Å².